The molecule has 0 aromatic heterocycles. The summed E-state index contributed by atoms with van der Waals surface area (Å²) in [6.45, 7) is 8.97. The van der Waals surface area contributed by atoms with Gasteiger partial charge in [0, 0.05) is 6.54 Å². The van der Waals surface area contributed by atoms with Gasteiger partial charge >= 0.3 is 5.97 Å². The van der Waals surface area contributed by atoms with E-state index in [4.69, 9.17) is 5.11 Å². The molecule has 0 fully saturated rings. The Morgan fingerprint density at radius 2 is 1.89 bits per heavy atom. The van der Waals surface area contributed by atoms with E-state index >= 15 is 0 Å². The molecular formula is C13H26N2O3. The smallest absolute Gasteiger partial charge is 0.323 e. The molecule has 0 aliphatic heterocycles. The second-order valence-electron chi connectivity index (χ2n) is 4.89. The Morgan fingerprint density at radius 1 is 1.28 bits per heavy atom. The number of carboxylic acid groups (broad SMARTS) is 1. The van der Waals surface area contributed by atoms with Gasteiger partial charge in [-0.05, 0) is 25.3 Å². The van der Waals surface area contributed by atoms with Crippen LogP contribution in [-0.4, -0.2) is 47.6 Å². The van der Waals surface area contributed by atoms with Gasteiger partial charge in [-0.3, -0.25) is 9.59 Å². The predicted octanol–water partition coefficient (Wildman–Crippen LogP) is 1.33. The Kier molecular flexibility index (Phi) is 8.37. The molecule has 0 bridgehead atoms. The third kappa shape index (κ3) is 6.59. The maximum atomic E-state index is 12.3. The highest BCUT2D eigenvalue weighted by molar-refractivity contribution is 5.85. The van der Waals surface area contributed by atoms with Gasteiger partial charge in [-0.2, -0.15) is 0 Å². The van der Waals surface area contributed by atoms with Crippen molar-refractivity contribution in [1.29, 1.82) is 0 Å². The van der Waals surface area contributed by atoms with Crippen LogP contribution >= 0.6 is 0 Å². The normalized spacial score (nSPS) is 12.5. The zero-order valence-electron chi connectivity index (χ0n) is 11.9. The zero-order chi connectivity index (χ0) is 14.1. The van der Waals surface area contributed by atoms with Crippen molar-refractivity contribution in [3.63, 3.8) is 0 Å². The largest absolute Gasteiger partial charge is 0.480 e. The third-order valence-corrected chi connectivity index (χ3v) is 2.59. The van der Waals surface area contributed by atoms with E-state index in [1.807, 2.05) is 13.8 Å². The standard InChI is InChI=1S/C13H26N2O3/c1-5-7-15(9-12(16)17)13(18)11(14-6-2)8-10(3)4/h10-11,14H,5-9H2,1-4H3,(H,16,17). The Hall–Kier alpha value is -1.10. The molecule has 1 amide bonds. The van der Waals surface area contributed by atoms with Crippen LogP contribution in [0.5, 0.6) is 0 Å². The van der Waals surface area contributed by atoms with Crippen molar-refractivity contribution in [2.45, 2.75) is 46.6 Å². The van der Waals surface area contributed by atoms with E-state index in [1.165, 1.54) is 4.90 Å². The number of carbonyl (C=O) groups excluding carboxylic acids is 1. The monoisotopic (exact) mass is 258 g/mol. The molecule has 0 spiro atoms. The lowest BCUT2D eigenvalue weighted by atomic mass is 10.0. The van der Waals surface area contributed by atoms with Crippen LogP contribution in [0.25, 0.3) is 0 Å². The minimum atomic E-state index is -0.961. The van der Waals surface area contributed by atoms with Crippen LogP contribution in [0.1, 0.15) is 40.5 Å². The molecule has 2 N–H and O–H groups in total. The van der Waals surface area contributed by atoms with Gasteiger partial charge in [0.25, 0.3) is 0 Å². The molecule has 0 heterocycles. The first-order chi connectivity index (χ1) is 8.42. The molecule has 0 aromatic carbocycles. The quantitative estimate of drug-likeness (QED) is 0.654. The summed E-state index contributed by atoms with van der Waals surface area (Å²) >= 11 is 0. The Bertz CT molecular complexity index is 267. The maximum Gasteiger partial charge on any atom is 0.323 e. The Balaban J connectivity index is 4.69. The molecule has 18 heavy (non-hydrogen) atoms. The average molecular weight is 258 g/mol. The maximum absolute atomic E-state index is 12.3. The number of aliphatic carboxylic acids is 1. The first-order valence-electron chi connectivity index (χ1n) is 6.66. The summed E-state index contributed by atoms with van der Waals surface area (Å²) in [4.78, 5) is 24.5. The molecule has 0 aliphatic carbocycles. The highest BCUT2D eigenvalue weighted by atomic mass is 16.4. The van der Waals surface area contributed by atoms with Crippen molar-refractivity contribution in [2.24, 2.45) is 5.92 Å². The number of hydrogen-bond acceptors (Lipinski definition) is 3. The van der Waals surface area contributed by atoms with Crippen molar-refractivity contribution in [3.8, 4) is 0 Å². The molecule has 0 aromatic rings. The van der Waals surface area contributed by atoms with Gasteiger partial charge in [-0.15, -0.1) is 0 Å². The van der Waals surface area contributed by atoms with Crippen LogP contribution in [0, 0.1) is 5.92 Å². The lowest BCUT2D eigenvalue weighted by molar-refractivity contribution is -0.145. The highest BCUT2D eigenvalue weighted by Crippen LogP contribution is 2.08. The minimum absolute atomic E-state index is 0.102. The molecule has 5 heteroatoms. The average Bonchev–Trinajstić information content (AvgIpc) is 2.26. The van der Waals surface area contributed by atoms with Crippen molar-refractivity contribution >= 4 is 11.9 Å². The van der Waals surface area contributed by atoms with Gasteiger partial charge in [-0.1, -0.05) is 27.7 Å². The number of carboxylic acids is 1. The predicted molar refractivity (Wildman–Crippen MR) is 71.4 cm³/mol. The number of carbonyl (C=O) groups is 2. The fraction of sp³-hybridized carbons (Fsp3) is 0.846. The molecule has 1 atom stereocenters. The summed E-state index contributed by atoms with van der Waals surface area (Å²) in [7, 11) is 0. The van der Waals surface area contributed by atoms with Crippen molar-refractivity contribution in [1.82, 2.24) is 10.2 Å². The summed E-state index contributed by atoms with van der Waals surface area (Å²) in [6.07, 6.45) is 1.49. The zero-order valence-corrected chi connectivity index (χ0v) is 11.9. The molecule has 0 saturated heterocycles. The number of nitrogens with zero attached hydrogens (tertiary/aromatic N) is 1. The molecule has 0 radical (unpaired) electrons. The van der Waals surface area contributed by atoms with Crippen LogP contribution in [0.15, 0.2) is 0 Å². The van der Waals surface area contributed by atoms with E-state index < -0.39 is 5.97 Å². The molecule has 1 unspecified atom stereocenters. The molecule has 5 nitrogen and oxygen atoms in total. The van der Waals surface area contributed by atoms with Crippen molar-refractivity contribution in [3.05, 3.63) is 0 Å². The van der Waals surface area contributed by atoms with Gasteiger partial charge in [-0.25, -0.2) is 0 Å². The van der Waals surface area contributed by atoms with Crippen molar-refractivity contribution in [2.75, 3.05) is 19.6 Å². The van der Waals surface area contributed by atoms with E-state index in [9.17, 15) is 9.59 Å². The number of amides is 1. The van der Waals surface area contributed by atoms with E-state index in [-0.39, 0.29) is 18.5 Å². The van der Waals surface area contributed by atoms with E-state index in [2.05, 4.69) is 19.2 Å². The topological polar surface area (TPSA) is 69.6 Å². The van der Waals surface area contributed by atoms with Gasteiger partial charge in [0.05, 0.1) is 6.04 Å². The Labute approximate surface area is 110 Å². The van der Waals surface area contributed by atoms with E-state index in [1.54, 1.807) is 0 Å². The fourth-order valence-electron chi connectivity index (χ4n) is 1.91. The number of nitrogens with one attached hydrogen (secondary N) is 1. The lowest BCUT2D eigenvalue weighted by Gasteiger charge is -2.27. The van der Waals surface area contributed by atoms with Crippen molar-refractivity contribution < 1.29 is 14.7 Å². The van der Waals surface area contributed by atoms with Gasteiger partial charge in [0.2, 0.25) is 5.91 Å². The second kappa shape index (κ2) is 8.91. The summed E-state index contributed by atoms with van der Waals surface area (Å²) in [5.41, 5.74) is 0. The fourth-order valence-corrected chi connectivity index (χ4v) is 1.91. The van der Waals surface area contributed by atoms with Crippen LogP contribution < -0.4 is 5.32 Å². The first-order valence-corrected chi connectivity index (χ1v) is 6.66. The Morgan fingerprint density at radius 3 is 2.28 bits per heavy atom. The minimum Gasteiger partial charge on any atom is -0.480 e. The highest BCUT2D eigenvalue weighted by Gasteiger charge is 2.25. The summed E-state index contributed by atoms with van der Waals surface area (Å²) < 4.78 is 0. The molecule has 0 rings (SSSR count). The number of rotatable bonds is 9. The summed E-state index contributed by atoms with van der Waals surface area (Å²) in [6, 6.07) is -0.277. The summed E-state index contributed by atoms with van der Waals surface area (Å²) in [5.74, 6) is -0.669. The van der Waals surface area contributed by atoms with Gasteiger partial charge in [0.1, 0.15) is 6.54 Å². The molecule has 106 valence electrons. The van der Waals surface area contributed by atoms with Gasteiger partial charge in [0.15, 0.2) is 0 Å². The van der Waals surface area contributed by atoms with Crippen LogP contribution in [0.4, 0.5) is 0 Å². The van der Waals surface area contributed by atoms with Gasteiger partial charge < -0.3 is 15.3 Å². The first kappa shape index (κ1) is 16.9. The van der Waals surface area contributed by atoms with Crippen LogP contribution in [0.2, 0.25) is 0 Å². The van der Waals surface area contributed by atoms with Crippen LogP contribution in [0.3, 0.4) is 0 Å². The number of hydrogen-bond donors (Lipinski definition) is 2. The second-order valence-corrected chi connectivity index (χ2v) is 4.89. The lowest BCUT2D eigenvalue weighted by Crippen LogP contribution is -2.49. The molecule has 0 saturated carbocycles. The van der Waals surface area contributed by atoms with Crippen LogP contribution in [-0.2, 0) is 9.59 Å². The third-order valence-electron chi connectivity index (χ3n) is 2.59. The molecule has 0 aliphatic rings. The molecular weight excluding hydrogens is 232 g/mol. The number of likely N-dealkylation sites (N-methyl/N-ethyl adjacent to an activating group) is 1. The van der Waals surface area contributed by atoms with E-state index in [0.29, 0.717) is 19.0 Å². The summed E-state index contributed by atoms with van der Waals surface area (Å²) in [5, 5.41) is 12.0. The SMILES string of the molecule is CCCN(CC(=O)O)C(=O)C(CC(C)C)NCC. The van der Waals surface area contributed by atoms with E-state index in [0.717, 1.165) is 12.8 Å².